The van der Waals surface area contributed by atoms with Crippen molar-refractivity contribution < 1.29 is 4.74 Å². The third-order valence-electron chi connectivity index (χ3n) is 3.69. The van der Waals surface area contributed by atoms with Crippen LogP contribution in [0, 0.1) is 0 Å². The van der Waals surface area contributed by atoms with Gasteiger partial charge in [-0.1, -0.05) is 0 Å². The fourth-order valence-electron chi connectivity index (χ4n) is 2.57. The summed E-state index contributed by atoms with van der Waals surface area (Å²) in [5, 5.41) is 3.36. The highest BCUT2D eigenvalue weighted by molar-refractivity contribution is 5.59. The summed E-state index contributed by atoms with van der Waals surface area (Å²) in [5.74, 6) is 1.93. The maximum atomic E-state index is 5.46. The van der Waals surface area contributed by atoms with Crippen molar-refractivity contribution >= 4 is 0 Å². The summed E-state index contributed by atoms with van der Waals surface area (Å²) in [6, 6.07) is 8.12. The van der Waals surface area contributed by atoms with Gasteiger partial charge < -0.3 is 15.0 Å². The third-order valence-corrected chi connectivity index (χ3v) is 3.69. The standard InChI is InChI=1S/C16H22N4O/c1-2-21-14-5-3-13(4-6-14)15-11-18-16(19-15)12-20-9-7-17-8-10-20/h3-6,11,17H,2,7-10,12H2,1H3,(H,18,19). The van der Waals surface area contributed by atoms with Crippen LogP contribution < -0.4 is 10.1 Å². The van der Waals surface area contributed by atoms with Crippen LogP contribution in [-0.2, 0) is 6.54 Å². The fourth-order valence-corrected chi connectivity index (χ4v) is 2.57. The second-order valence-electron chi connectivity index (χ2n) is 5.23. The van der Waals surface area contributed by atoms with E-state index in [1.165, 1.54) is 0 Å². The predicted octanol–water partition coefficient (Wildman–Crippen LogP) is 1.88. The van der Waals surface area contributed by atoms with Gasteiger partial charge in [-0.15, -0.1) is 0 Å². The highest BCUT2D eigenvalue weighted by atomic mass is 16.5. The molecule has 21 heavy (non-hydrogen) atoms. The molecule has 1 aromatic carbocycles. The Morgan fingerprint density at radius 1 is 1.19 bits per heavy atom. The van der Waals surface area contributed by atoms with Crippen molar-refractivity contribution in [1.82, 2.24) is 20.2 Å². The smallest absolute Gasteiger partial charge is 0.120 e. The molecule has 0 saturated carbocycles. The van der Waals surface area contributed by atoms with Crippen molar-refractivity contribution in [3.63, 3.8) is 0 Å². The van der Waals surface area contributed by atoms with E-state index in [0.717, 1.165) is 55.6 Å². The van der Waals surface area contributed by atoms with Crippen molar-refractivity contribution in [3.05, 3.63) is 36.3 Å². The molecule has 0 atom stereocenters. The normalized spacial score (nSPS) is 16.0. The lowest BCUT2D eigenvalue weighted by atomic mass is 10.2. The molecule has 5 heteroatoms. The number of hydrogen-bond acceptors (Lipinski definition) is 4. The molecule has 5 nitrogen and oxygen atoms in total. The minimum Gasteiger partial charge on any atom is -0.494 e. The average Bonchev–Trinajstić information content (AvgIpc) is 2.98. The maximum absolute atomic E-state index is 5.46. The van der Waals surface area contributed by atoms with Crippen LogP contribution in [0.15, 0.2) is 30.5 Å². The number of H-pyrrole nitrogens is 1. The first kappa shape index (κ1) is 14.1. The fraction of sp³-hybridized carbons (Fsp3) is 0.438. The van der Waals surface area contributed by atoms with Crippen LogP contribution in [0.2, 0.25) is 0 Å². The number of piperazine rings is 1. The summed E-state index contributed by atoms with van der Waals surface area (Å²) in [4.78, 5) is 10.3. The number of aromatic nitrogens is 2. The molecule has 0 amide bonds. The Bertz CT molecular complexity index is 558. The van der Waals surface area contributed by atoms with Crippen LogP contribution >= 0.6 is 0 Å². The van der Waals surface area contributed by atoms with Gasteiger partial charge in [0.1, 0.15) is 11.6 Å². The van der Waals surface area contributed by atoms with E-state index in [-0.39, 0.29) is 0 Å². The summed E-state index contributed by atoms with van der Waals surface area (Å²) in [5.41, 5.74) is 2.20. The van der Waals surface area contributed by atoms with Gasteiger partial charge in [0, 0.05) is 26.2 Å². The maximum Gasteiger partial charge on any atom is 0.120 e. The number of hydrogen-bond donors (Lipinski definition) is 2. The number of aromatic amines is 1. The Morgan fingerprint density at radius 2 is 1.95 bits per heavy atom. The zero-order valence-electron chi connectivity index (χ0n) is 12.4. The zero-order valence-corrected chi connectivity index (χ0v) is 12.4. The molecular weight excluding hydrogens is 264 g/mol. The first-order chi connectivity index (χ1) is 10.3. The largest absolute Gasteiger partial charge is 0.494 e. The van der Waals surface area contributed by atoms with Crippen LogP contribution in [0.3, 0.4) is 0 Å². The van der Waals surface area contributed by atoms with Gasteiger partial charge in [0.15, 0.2) is 0 Å². The second kappa shape index (κ2) is 6.74. The molecule has 0 aliphatic carbocycles. The second-order valence-corrected chi connectivity index (χ2v) is 5.23. The van der Waals surface area contributed by atoms with E-state index in [4.69, 9.17) is 4.74 Å². The Balaban J connectivity index is 1.66. The number of benzene rings is 1. The number of ether oxygens (including phenoxy) is 1. The van der Waals surface area contributed by atoms with Gasteiger partial charge in [0.25, 0.3) is 0 Å². The molecule has 2 heterocycles. The zero-order chi connectivity index (χ0) is 14.5. The molecule has 0 bridgehead atoms. The molecule has 0 spiro atoms. The summed E-state index contributed by atoms with van der Waals surface area (Å²) in [6.45, 7) is 7.86. The minimum atomic E-state index is 0.693. The van der Waals surface area contributed by atoms with E-state index in [0.29, 0.717) is 6.61 Å². The lowest BCUT2D eigenvalue weighted by Gasteiger charge is -2.26. The van der Waals surface area contributed by atoms with Crippen molar-refractivity contribution in [2.75, 3.05) is 32.8 Å². The van der Waals surface area contributed by atoms with Crippen molar-refractivity contribution in [3.8, 4) is 17.0 Å². The van der Waals surface area contributed by atoms with E-state index in [1.807, 2.05) is 25.3 Å². The Labute approximate surface area is 125 Å². The molecule has 112 valence electrons. The summed E-state index contributed by atoms with van der Waals surface area (Å²) in [7, 11) is 0. The SMILES string of the molecule is CCOc1ccc(-c2cnc(CN3CCNCC3)[nH]2)cc1. The Hall–Kier alpha value is -1.85. The van der Waals surface area contributed by atoms with Gasteiger partial charge in [-0.25, -0.2) is 4.98 Å². The topological polar surface area (TPSA) is 53.2 Å². The number of rotatable bonds is 5. The van der Waals surface area contributed by atoms with E-state index in [2.05, 4.69) is 32.3 Å². The molecule has 2 N–H and O–H groups in total. The monoisotopic (exact) mass is 286 g/mol. The molecule has 0 radical (unpaired) electrons. The number of nitrogens with one attached hydrogen (secondary N) is 2. The summed E-state index contributed by atoms with van der Waals surface area (Å²) < 4.78 is 5.46. The van der Waals surface area contributed by atoms with E-state index in [1.54, 1.807) is 0 Å². The number of imidazole rings is 1. The molecule has 1 saturated heterocycles. The van der Waals surface area contributed by atoms with Crippen molar-refractivity contribution in [2.24, 2.45) is 0 Å². The van der Waals surface area contributed by atoms with Crippen LogP contribution in [0.1, 0.15) is 12.7 Å². The van der Waals surface area contributed by atoms with Gasteiger partial charge in [0.05, 0.1) is 25.0 Å². The van der Waals surface area contributed by atoms with Gasteiger partial charge in [-0.2, -0.15) is 0 Å². The molecule has 1 aromatic heterocycles. The number of nitrogens with zero attached hydrogens (tertiary/aromatic N) is 2. The van der Waals surface area contributed by atoms with Crippen LogP contribution in [-0.4, -0.2) is 47.7 Å². The minimum absolute atomic E-state index is 0.693. The van der Waals surface area contributed by atoms with Crippen LogP contribution in [0.4, 0.5) is 0 Å². The molecule has 3 rings (SSSR count). The first-order valence-electron chi connectivity index (χ1n) is 7.55. The lowest BCUT2D eigenvalue weighted by Crippen LogP contribution is -2.43. The van der Waals surface area contributed by atoms with Gasteiger partial charge in [0.2, 0.25) is 0 Å². The quantitative estimate of drug-likeness (QED) is 0.881. The van der Waals surface area contributed by atoms with E-state index >= 15 is 0 Å². The molecule has 1 aliphatic heterocycles. The summed E-state index contributed by atoms with van der Waals surface area (Å²) >= 11 is 0. The molecule has 1 fully saturated rings. The molecule has 1 aliphatic rings. The van der Waals surface area contributed by atoms with Gasteiger partial charge in [-0.3, -0.25) is 4.90 Å². The van der Waals surface area contributed by atoms with Crippen molar-refractivity contribution in [1.29, 1.82) is 0 Å². The van der Waals surface area contributed by atoms with Crippen LogP contribution in [0.5, 0.6) is 5.75 Å². The van der Waals surface area contributed by atoms with Gasteiger partial charge >= 0.3 is 0 Å². The first-order valence-corrected chi connectivity index (χ1v) is 7.55. The third kappa shape index (κ3) is 3.62. The molecule has 2 aromatic rings. The molecular formula is C16H22N4O. The predicted molar refractivity (Wildman–Crippen MR) is 83.3 cm³/mol. The summed E-state index contributed by atoms with van der Waals surface area (Å²) in [6.07, 6.45) is 1.91. The highest BCUT2D eigenvalue weighted by Gasteiger charge is 2.12. The average molecular weight is 286 g/mol. The van der Waals surface area contributed by atoms with E-state index < -0.39 is 0 Å². The Morgan fingerprint density at radius 3 is 2.67 bits per heavy atom. The van der Waals surface area contributed by atoms with Crippen molar-refractivity contribution in [2.45, 2.75) is 13.5 Å². The van der Waals surface area contributed by atoms with Crippen LogP contribution in [0.25, 0.3) is 11.3 Å². The molecule has 0 unspecified atom stereocenters. The van der Waals surface area contributed by atoms with Gasteiger partial charge in [-0.05, 0) is 36.8 Å². The lowest BCUT2D eigenvalue weighted by molar-refractivity contribution is 0.228. The Kier molecular flexibility index (Phi) is 4.52. The highest BCUT2D eigenvalue weighted by Crippen LogP contribution is 2.21. The van der Waals surface area contributed by atoms with E-state index in [9.17, 15) is 0 Å².